The van der Waals surface area contributed by atoms with Gasteiger partial charge in [0.05, 0.1) is 5.69 Å². The highest BCUT2D eigenvalue weighted by Gasteiger charge is 2.53. The van der Waals surface area contributed by atoms with Crippen molar-refractivity contribution in [2.45, 2.75) is 25.7 Å². The maximum absolute atomic E-state index is 9.84. The molecule has 5 heteroatoms. The third-order valence-electron chi connectivity index (χ3n) is 4.86. The van der Waals surface area contributed by atoms with Crippen LogP contribution >= 0.6 is 0 Å². The molecule has 0 spiro atoms. The van der Waals surface area contributed by atoms with Crippen molar-refractivity contribution in [3.63, 3.8) is 0 Å². The molecule has 2 aliphatic carbocycles. The molecule has 2 atom stereocenters. The number of nitrogens with zero attached hydrogens (tertiary/aromatic N) is 4. The lowest BCUT2D eigenvalue weighted by molar-refractivity contribution is 0.114. The van der Waals surface area contributed by atoms with Crippen molar-refractivity contribution < 1.29 is 5.11 Å². The monoisotopic (exact) mass is 270 g/mol. The summed E-state index contributed by atoms with van der Waals surface area (Å²) in [5.41, 5.74) is 0.971. The fraction of sp³-hybridized carbons (Fsp3) is 0.533. The van der Waals surface area contributed by atoms with Crippen LogP contribution in [-0.2, 0) is 6.42 Å². The first-order chi connectivity index (χ1) is 9.80. The summed E-state index contributed by atoms with van der Waals surface area (Å²) < 4.78 is 1.79. The zero-order valence-corrected chi connectivity index (χ0v) is 11.3. The number of aliphatic hydroxyl groups excluding tert-OH is 1. The van der Waals surface area contributed by atoms with Crippen LogP contribution in [0.5, 0.6) is 0 Å². The number of benzene rings is 1. The number of aromatic nitrogens is 4. The first-order valence-electron chi connectivity index (χ1n) is 7.23. The van der Waals surface area contributed by atoms with Crippen molar-refractivity contribution in [2.24, 2.45) is 17.3 Å². The summed E-state index contributed by atoms with van der Waals surface area (Å²) in [7, 11) is 0. The van der Waals surface area contributed by atoms with Crippen molar-refractivity contribution in [3.05, 3.63) is 36.2 Å². The van der Waals surface area contributed by atoms with Crippen LogP contribution in [0.3, 0.4) is 0 Å². The van der Waals surface area contributed by atoms with Gasteiger partial charge in [0.2, 0.25) is 0 Å². The van der Waals surface area contributed by atoms with Crippen molar-refractivity contribution >= 4 is 0 Å². The van der Waals surface area contributed by atoms with Crippen molar-refractivity contribution in [3.8, 4) is 5.69 Å². The normalized spacial score (nSPS) is 31.2. The average molecular weight is 270 g/mol. The van der Waals surface area contributed by atoms with E-state index in [1.807, 2.05) is 30.3 Å². The van der Waals surface area contributed by atoms with Gasteiger partial charge in [-0.15, -0.1) is 5.10 Å². The molecule has 1 heterocycles. The Bertz CT molecular complexity index is 599. The highest BCUT2D eigenvalue weighted by atomic mass is 16.3. The summed E-state index contributed by atoms with van der Waals surface area (Å²) in [4.78, 5) is 0. The molecule has 0 bridgehead atoms. The Labute approximate surface area is 117 Å². The highest BCUT2D eigenvalue weighted by Crippen LogP contribution is 2.60. The zero-order chi connectivity index (χ0) is 13.6. The van der Waals surface area contributed by atoms with E-state index >= 15 is 0 Å². The number of hydrogen-bond donors (Lipinski definition) is 1. The molecule has 0 radical (unpaired) electrons. The van der Waals surface area contributed by atoms with E-state index in [1.165, 1.54) is 6.42 Å². The van der Waals surface area contributed by atoms with Crippen LogP contribution in [0, 0.1) is 17.3 Å². The van der Waals surface area contributed by atoms with E-state index in [-0.39, 0.29) is 12.0 Å². The summed E-state index contributed by atoms with van der Waals surface area (Å²) in [6.45, 7) is 0.238. The molecule has 2 aromatic rings. The average Bonchev–Trinajstić information content (AvgIpc) is 2.90. The van der Waals surface area contributed by atoms with Gasteiger partial charge in [0.25, 0.3) is 0 Å². The van der Waals surface area contributed by atoms with Gasteiger partial charge >= 0.3 is 0 Å². The van der Waals surface area contributed by atoms with Crippen molar-refractivity contribution in [1.82, 2.24) is 20.2 Å². The van der Waals surface area contributed by atoms with Crippen molar-refractivity contribution in [1.29, 1.82) is 0 Å². The van der Waals surface area contributed by atoms with E-state index in [9.17, 15) is 5.11 Å². The minimum atomic E-state index is -0.00513. The molecule has 4 rings (SSSR count). The molecule has 5 nitrogen and oxygen atoms in total. The Morgan fingerprint density at radius 3 is 2.65 bits per heavy atom. The minimum absolute atomic E-state index is 0.00513. The fourth-order valence-electron chi connectivity index (χ4n) is 3.76. The predicted molar refractivity (Wildman–Crippen MR) is 73.2 cm³/mol. The Kier molecular flexibility index (Phi) is 2.63. The third kappa shape index (κ3) is 1.93. The summed E-state index contributed by atoms with van der Waals surface area (Å²) in [5.74, 6) is 2.53. The van der Waals surface area contributed by atoms with Crippen LogP contribution in [0.25, 0.3) is 5.69 Å². The molecule has 2 saturated carbocycles. The van der Waals surface area contributed by atoms with Crippen LogP contribution < -0.4 is 0 Å². The third-order valence-corrected chi connectivity index (χ3v) is 4.86. The highest BCUT2D eigenvalue weighted by molar-refractivity contribution is 5.30. The Morgan fingerprint density at radius 2 is 1.95 bits per heavy atom. The summed E-state index contributed by atoms with van der Waals surface area (Å²) in [6.07, 6.45) is 4.36. The van der Waals surface area contributed by atoms with E-state index in [0.29, 0.717) is 0 Å². The van der Waals surface area contributed by atoms with Crippen LogP contribution in [0.2, 0.25) is 0 Å². The van der Waals surface area contributed by atoms with E-state index < -0.39 is 0 Å². The molecule has 1 aromatic carbocycles. The quantitative estimate of drug-likeness (QED) is 0.917. The second-order valence-electron chi connectivity index (χ2n) is 6.34. The summed E-state index contributed by atoms with van der Waals surface area (Å²) in [6, 6.07) is 9.93. The van der Waals surface area contributed by atoms with Gasteiger partial charge in [-0.1, -0.05) is 18.2 Å². The summed E-state index contributed by atoms with van der Waals surface area (Å²) >= 11 is 0. The van der Waals surface area contributed by atoms with Crippen molar-refractivity contribution in [2.75, 3.05) is 6.61 Å². The molecule has 0 aliphatic heterocycles. The molecule has 104 valence electrons. The standard InChI is InChI=1S/C15H18N4O/c20-10-15(7-11-6-12(11)8-15)9-14-16-17-18-19(14)13-4-2-1-3-5-13/h1-5,11-12,20H,6-10H2. The van der Waals surface area contributed by atoms with Crippen LogP contribution in [-0.4, -0.2) is 31.9 Å². The van der Waals surface area contributed by atoms with Crippen LogP contribution in [0.15, 0.2) is 30.3 Å². The Hall–Kier alpha value is -1.75. The smallest absolute Gasteiger partial charge is 0.157 e. The van der Waals surface area contributed by atoms with Gasteiger partial charge < -0.3 is 5.11 Å². The van der Waals surface area contributed by atoms with E-state index in [1.54, 1.807) is 4.68 Å². The molecule has 2 fully saturated rings. The molecular weight excluding hydrogens is 252 g/mol. The van der Waals surface area contributed by atoms with Gasteiger partial charge in [-0.2, -0.15) is 4.68 Å². The lowest BCUT2D eigenvalue weighted by Gasteiger charge is -2.27. The molecule has 0 amide bonds. The van der Waals surface area contributed by atoms with Crippen LogP contribution in [0.4, 0.5) is 0 Å². The maximum Gasteiger partial charge on any atom is 0.157 e. The van der Waals surface area contributed by atoms with Gasteiger partial charge in [-0.05, 0) is 53.7 Å². The number of hydrogen-bond acceptors (Lipinski definition) is 4. The second-order valence-corrected chi connectivity index (χ2v) is 6.34. The van der Waals surface area contributed by atoms with Gasteiger partial charge in [-0.25, -0.2) is 0 Å². The zero-order valence-electron chi connectivity index (χ0n) is 11.3. The minimum Gasteiger partial charge on any atom is -0.396 e. The second kappa shape index (κ2) is 4.38. The number of rotatable bonds is 4. The molecule has 20 heavy (non-hydrogen) atoms. The Balaban J connectivity index is 1.62. The number of tetrazole rings is 1. The molecule has 0 saturated heterocycles. The van der Waals surface area contributed by atoms with E-state index in [2.05, 4.69) is 15.5 Å². The van der Waals surface area contributed by atoms with Gasteiger partial charge in [0.1, 0.15) is 0 Å². The first kappa shape index (κ1) is 12.0. The van der Waals surface area contributed by atoms with E-state index in [0.717, 1.165) is 42.6 Å². The molecular formula is C15H18N4O. The molecule has 1 N–H and O–H groups in total. The fourth-order valence-corrected chi connectivity index (χ4v) is 3.76. The van der Waals surface area contributed by atoms with Crippen LogP contribution in [0.1, 0.15) is 25.1 Å². The number of fused-ring (bicyclic) bond motifs is 1. The maximum atomic E-state index is 9.84. The largest absolute Gasteiger partial charge is 0.396 e. The topological polar surface area (TPSA) is 63.8 Å². The number of aliphatic hydroxyl groups is 1. The SMILES string of the molecule is OCC1(Cc2nnnn2-c2ccccc2)CC2CC2C1. The Morgan fingerprint density at radius 1 is 1.20 bits per heavy atom. The lowest BCUT2D eigenvalue weighted by Crippen LogP contribution is -2.28. The van der Waals surface area contributed by atoms with Gasteiger partial charge in [0.15, 0.2) is 5.82 Å². The first-order valence-corrected chi connectivity index (χ1v) is 7.23. The molecule has 2 unspecified atom stereocenters. The van der Waals surface area contributed by atoms with Gasteiger partial charge in [-0.3, -0.25) is 0 Å². The lowest BCUT2D eigenvalue weighted by atomic mass is 9.80. The summed E-state index contributed by atoms with van der Waals surface area (Å²) in [5, 5.41) is 21.9. The van der Waals surface area contributed by atoms with E-state index in [4.69, 9.17) is 0 Å². The predicted octanol–water partition coefficient (Wildman–Crippen LogP) is 1.61. The molecule has 1 aromatic heterocycles. The van der Waals surface area contributed by atoms with Gasteiger partial charge in [0, 0.05) is 18.4 Å². The number of para-hydroxylation sites is 1. The molecule has 2 aliphatic rings.